The molecule has 0 unspecified atom stereocenters. The maximum absolute atomic E-state index is 13.9. The highest BCUT2D eigenvalue weighted by molar-refractivity contribution is 6.30. The minimum Gasteiger partial charge on any atom is -0.368 e. The third kappa shape index (κ3) is 6.26. The summed E-state index contributed by atoms with van der Waals surface area (Å²) in [5.74, 6) is -0.497. The van der Waals surface area contributed by atoms with Gasteiger partial charge in [-0.25, -0.2) is 9.67 Å². The van der Waals surface area contributed by atoms with Crippen LogP contribution in [0.4, 0.5) is 5.69 Å². The molecular formula is C32H30ClN7O2. The fourth-order valence-electron chi connectivity index (χ4n) is 5.33. The molecule has 1 atom stereocenters. The SMILES string of the molecule is O=C(N[C@H](Cc1ccc(Cl)cc1)C(=O)N1CCN(c2ccccc2Cn2cncn2)CC1)c1cc2ccccc2cn1. The van der Waals surface area contributed by atoms with Gasteiger partial charge in [0.2, 0.25) is 5.91 Å². The van der Waals surface area contributed by atoms with E-state index in [9.17, 15) is 9.59 Å². The molecule has 2 aromatic heterocycles. The maximum Gasteiger partial charge on any atom is 0.270 e. The zero-order chi connectivity index (χ0) is 28.9. The number of carbonyl (C=O) groups excluding carboxylic acids is 2. The number of rotatable bonds is 8. The van der Waals surface area contributed by atoms with E-state index < -0.39 is 6.04 Å². The summed E-state index contributed by atoms with van der Waals surface area (Å²) in [5, 5.41) is 9.70. The fourth-order valence-corrected chi connectivity index (χ4v) is 5.45. The Kier molecular flexibility index (Phi) is 8.09. The highest BCUT2D eigenvalue weighted by Crippen LogP contribution is 2.23. The number of amides is 2. The number of hydrogen-bond donors (Lipinski definition) is 1. The number of carbonyl (C=O) groups is 2. The van der Waals surface area contributed by atoms with Gasteiger partial charge in [-0.1, -0.05) is 66.2 Å². The third-order valence-corrected chi connectivity index (χ3v) is 7.79. The molecule has 5 aromatic rings. The van der Waals surface area contributed by atoms with E-state index in [0.29, 0.717) is 44.2 Å². The first-order valence-electron chi connectivity index (χ1n) is 13.9. The molecule has 1 aliphatic rings. The molecule has 6 rings (SSSR count). The van der Waals surface area contributed by atoms with Crippen LogP contribution in [-0.4, -0.2) is 68.7 Å². The van der Waals surface area contributed by atoms with Gasteiger partial charge in [0.05, 0.1) is 6.54 Å². The van der Waals surface area contributed by atoms with Crippen molar-refractivity contribution >= 4 is 39.9 Å². The molecule has 10 heteroatoms. The molecule has 1 saturated heterocycles. The van der Waals surface area contributed by atoms with E-state index in [1.54, 1.807) is 35.4 Å². The van der Waals surface area contributed by atoms with E-state index in [2.05, 4.69) is 37.4 Å². The van der Waals surface area contributed by atoms with Crippen LogP contribution in [0.5, 0.6) is 0 Å². The van der Waals surface area contributed by atoms with Gasteiger partial charge in [0.25, 0.3) is 5.91 Å². The summed E-state index contributed by atoms with van der Waals surface area (Å²) in [6.07, 6.45) is 5.26. The molecule has 1 fully saturated rings. The summed E-state index contributed by atoms with van der Waals surface area (Å²) in [7, 11) is 0. The van der Waals surface area contributed by atoms with Crippen LogP contribution in [-0.2, 0) is 17.8 Å². The molecule has 212 valence electrons. The number of para-hydroxylation sites is 1. The molecule has 0 bridgehead atoms. The average Bonchev–Trinajstić information content (AvgIpc) is 3.55. The quantitative estimate of drug-likeness (QED) is 0.296. The Morgan fingerprint density at radius 2 is 1.64 bits per heavy atom. The van der Waals surface area contributed by atoms with Crippen molar-refractivity contribution in [3.8, 4) is 0 Å². The van der Waals surface area contributed by atoms with Crippen LogP contribution in [0.2, 0.25) is 5.02 Å². The van der Waals surface area contributed by atoms with Gasteiger partial charge in [-0.3, -0.25) is 14.6 Å². The lowest BCUT2D eigenvalue weighted by atomic mass is 10.0. The van der Waals surface area contributed by atoms with Crippen molar-refractivity contribution in [1.82, 2.24) is 30.0 Å². The van der Waals surface area contributed by atoms with Crippen LogP contribution in [0.1, 0.15) is 21.6 Å². The van der Waals surface area contributed by atoms with Crippen molar-refractivity contribution < 1.29 is 9.59 Å². The topological polar surface area (TPSA) is 96.2 Å². The van der Waals surface area contributed by atoms with E-state index in [1.165, 1.54) is 6.33 Å². The third-order valence-electron chi connectivity index (χ3n) is 7.54. The minimum absolute atomic E-state index is 0.116. The molecule has 0 saturated carbocycles. The Balaban J connectivity index is 1.17. The van der Waals surface area contributed by atoms with Crippen molar-refractivity contribution in [2.45, 2.75) is 19.0 Å². The van der Waals surface area contributed by atoms with Gasteiger partial charge >= 0.3 is 0 Å². The standard InChI is InChI=1S/C32H30ClN7O2/c33-27-11-9-23(10-12-27)17-29(37-31(41)28-18-24-5-1-2-6-25(24)19-35-28)32(42)39-15-13-38(14-16-39)30-8-4-3-7-26(30)20-40-22-34-21-36-40/h1-12,18-19,21-22,29H,13-17,20H2,(H,37,41)/t29-/m1/s1. The number of pyridine rings is 1. The Morgan fingerprint density at radius 1 is 0.905 bits per heavy atom. The first kappa shape index (κ1) is 27.4. The van der Waals surface area contributed by atoms with Gasteiger partial charge < -0.3 is 15.1 Å². The van der Waals surface area contributed by atoms with Crippen LogP contribution in [0.3, 0.4) is 0 Å². The summed E-state index contributed by atoms with van der Waals surface area (Å²) >= 11 is 6.09. The van der Waals surface area contributed by atoms with E-state index in [-0.39, 0.29) is 17.5 Å². The second-order valence-electron chi connectivity index (χ2n) is 10.3. The Morgan fingerprint density at radius 3 is 2.40 bits per heavy atom. The predicted molar refractivity (Wildman–Crippen MR) is 163 cm³/mol. The lowest BCUT2D eigenvalue weighted by Crippen LogP contribution is -2.55. The summed E-state index contributed by atoms with van der Waals surface area (Å²) in [6, 6.07) is 24.3. The second kappa shape index (κ2) is 12.4. The highest BCUT2D eigenvalue weighted by atomic mass is 35.5. The van der Waals surface area contributed by atoms with Crippen molar-refractivity contribution in [3.63, 3.8) is 0 Å². The van der Waals surface area contributed by atoms with Crippen molar-refractivity contribution in [1.29, 1.82) is 0 Å². The summed E-state index contributed by atoms with van der Waals surface area (Å²) in [5.41, 5.74) is 3.44. The van der Waals surface area contributed by atoms with Crippen LogP contribution in [0.25, 0.3) is 10.8 Å². The van der Waals surface area contributed by atoms with Gasteiger partial charge in [0.15, 0.2) is 0 Å². The maximum atomic E-state index is 13.9. The number of nitrogens with one attached hydrogen (secondary N) is 1. The van der Waals surface area contributed by atoms with Gasteiger partial charge in [0, 0.05) is 54.9 Å². The van der Waals surface area contributed by atoms with Crippen LogP contribution < -0.4 is 10.2 Å². The van der Waals surface area contributed by atoms with E-state index in [4.69, 9.17) is 11.6 Å². The highest BCUT2D eigenvalue weighted by Gasteiger charge is 2.30. The van der Waals surface area contributed by atoms with Crippen LogP contribution in [0, 0.1) is 0 Å². The zero-order valence-electron chi connectivity index (χ0n) is 22.9. The minimum atomic E-state index is -0.752. The normalized spacial score (nSPS) is 14.1. The van der Waals surface area contributed by atoms with E-state index >= 15 is 0 Å². The zero-order valence-corrected chi connectivity index (χ0v) is 23.7. The monoisotopic (exact) mass is 579 g/mol. The number of fused-ring (bicyclic) bond motifs is 1. The second-order valence-corrected chi connectivity index (χ2v) is 10.7. The molecule has 3 heterocycles. The van der Waals surface area contributed by atoms with Crippen LogP contribution >= 0.6 is 11.6 Å². The lowest BCUT2D eigenvalue weighted by Gasteiger charge is -2.38. The number of anilines is 1. The van der Waals surface area contributed by atoms with Gasteiger partial charge in [-0.2, -0.15) is 5.10 Å². The molecule has 42 heavy (non-hydrogen) atoms. The number of aromatic nitrogens is 4. The van der Waals surface area contributed by atoms with Crippen molar-refractivity contribution in [2.75, 3.05) is 31.1 Å². The fraction of sp³-hybridized carbons (Fsp3) is 0.219. The predicted octanol–water partition coefficient (Wildman–Crippen LogP) is 4.22. The molecule has 0 spiro atoms. The molecule has 9 nitrogen and oxygen atoms in total. The molecule has 1 aliphatic heterocycles. The number of halogens is 1. The number of benzene rings is 3. The molecule has 0 aliphatic carbocycles. The first-order chi connectivity index (χ1) is 20.5. The van der Waals surface area contributed by atoms with Gasteiger partial charge in [-0.15, -0.1) is 0 Å². The largest absolute Gasteiger partial charge is 0.368 e. The molecule has 3 aromatic carbocycles. The lowest BCUT2D eigenvalue weighted by molar-refractivity contribution is -0.133. The van der Waals surface area contributed by atoms with E-state index in [1.807, 2.05) is 53.4 Å². The van der Waals surface area contributed by atoms with Gasteiger partial charge in [0.1, 0.15) is 24.4 Å². The number of hydrogen-bond acceptors (Lipinski definition) is 6. The average molecular weight is 580 g/mol. The summed E-state index contributed by atoms with van der Waals surface area (Å²) in [6.45, 7) is 3.05. The Hall–Kier alpha value is -4.76. The van der Waals surface area contributed by atoms with Crippen molar-refractivity contribution in [3.05, 3.63) is 120 Å². The summed E-state index contributed by atoms with van der Waals surface area (Å²) in [4.78, 5) is 39.8. The molecule has 0 radical (unpaired) electrons. The number of piperazine rings is 1. The molecular weight excluding hydrogens is 550 g/mol. The van der Waals surface area contributed by atoms with Crippen molar-refractivity contribution in [2.24, 2.45) is 0 Å². The molecule has 2 amide bonds. The Labute approximate surface area is 248 Å². The Bertz CT molecular complexity index is 1680. The van der Waals surface area contributed by atoms with Gasteiger partial charge in [-0.05, 0) is 40.8 Å². The van der Waals surface area contributed by atoms with Crippen LogP contribution in [0.15, 0.2) is 97.7 Å². The molecule has 1 N–H and O–H groups in total. The number of nitrogens with zero attached hydrogens (tertiary/aromatic N) is 6. The first-order valence-corrected chi connectivity index (χ1v) is 14.3. The summed E-state index contributed by atoms with van der Waals surface area (Å²) < 4.78 is 1.80. The van der Waals surface area contributed by atoms with E-state index in [0.717, 1.165) is 27.6 Å². The smallest absolute Gasteiger partial charge is 0.270 e.